The number of rotatable bonds is 6. The van der Waals surface area contributed by atoms with Crippen molar-refractivity contribution in [3.63, 3.8) is 0 Å². The Labute approximate surface area is 103 Å². The Hall–Kier alpha value is -0.810. The van der Waals surface area contributed by atoms with Crippen LogP contribution in [-0.4, -0.2) is 25.3 Å². The molecule has 0 heterocycles. The minimum atomic E-state index is -3.42. The first-order valence-corrected chi connectivity index (χ1v) is 7.73. The van der Waals surface area contributed by atoms with Gasteiger partial charge in [-0.3, -0.25) is 4.79 Å². The van der Waals surface area contributed by atoms with Crippen molar-refractivity contribution in [2.75, 3.05) is 14.2 Å². The summed E-state index contributed by atoms with van der Waals surface area (Å²) in [7, 11) is 2.45. The number of hydrogen-bond acceptors (Lipinski definition) is 5. The average molecular weight is 276 g/mol. The molecular formula is C10H13O5PS. The molecule has 0 spiro atoms. The van der Waals surface area contributed by atoms with Gasteiger partial charge in [0, 0.05) is 14.2 Å². The van der Waals surface area contributed by atoms with Gasteiger partial charge in [-0.1, -0.05) is 30.3 Å². The van der Waals surface area contributed by atoms with Gasteiger partial charge in [-0.15, -0.1) is 0 Å². The van der Waals surface area contributed by atoms with E-state index in [1.54, 1.807) is 30.3 Å². The highest BCUT2D eigenvalue weighted by Crippen LogP contribution is 2.64. The molecule has 0 aromatic heterocycles. The van der Waals surface area contributed by atoms with Gasteiger partial charge in [0.25, 0.3) is 0 Å². The van der Waals surface area contributed by atoms with E-state index >= 15 is 0 Å². The molecule has 5 nitrogen and oxygen atoms in total. The van der Waals surface area contributed by atoms with E-state index in [0.29, 0.717) is 16.9 Å². The Morgan fingerprint density at radius 2 is 1.82 bits per heavy atom. The predicted molar refractivity (Wildman–Crippen MR) is 66.0 cm³/mol. The van der Waals surface area contributed by atoms with Crippen LogP contribution < -0.4 is 0 Å². The van der Waals surface area contributed by atoms with Gasteiger partial charge in [0.1, 0.15) is 5.25 Å². The van der Waals surface area contributed by atoms with Crippen LogP contribution in [0.4, 0.5) is 0 Å². The molecule has 0 amide bonds. The second-order valence-corrected chi connectivity index (χ2v) is 7.33. The van der Waals surface area contributed by atoms with E-state index < -0.39 is 18.0 Å². The van der Waals surface area contributed by atoms with Crippen molar-refractivity contribution in [1.82, 2.24) is 0 Å². The maximum atomic E-state index is 11.9. The summed E-state index contributed by atoms with van der Waals surface area (Å²) in [4.78, 5) is 11.2. The molecule has 0 saturated carbocycles. The molecule has 0 radical (unpaired) electrons. The zero-order chi connectivity index (χ0) is 12.9. The van der Waals surface area contributed by atoms with Crippen molar-refractivity contribution in [2.24, 2.45) is 0 Å². The first-order valence-electron chi connectivity index (χ1n) is 4.70. The first kappa shape index (κ1) is 14.3. The summed E-state index contributed by atoms with van der Waals surface area (Å²) in [6, 6.07) is 8.52. The van der Waals surface area contributed by atoms with E-state index in [1.165, 1.54) is 14.2 Å². The Morgan fingerprint density at radius 3 is 2.24 bits per heavy atom. The molecule has 1 aromatic carbocycles. The summed E-state index contributed by atoms with van der Waals surface area (Å²) in [5, 5.41) is 8.14. The minimum absolute atomic E-state index is 0.541. The lowest BCUT2D eigenvalue weighted by Gasteiger charge is -2.17. The highest BCUT2D eigenvalue weighted by atomic mass is 32.7. The van der Waals surface area contributed by atoms with Crippen LogP contribution in [0.15, 0.2) is 30.3 Å². The molecule has 17 heavy (non-hydrogen) atoms. The molecule has 1 unspecified atom stereocenters. The van der Waals surface area contributed by atoms with Crippen LogP contribution in [0.25, 0.3) is 0 Å². The van der Waals surface area contributed by atoms with Crippen molar-refractivity contribution in [3.8, 4) is 0 Å². The minimum Gasteiger partial charge on any atom is -0.480 e. The number of aliphatic carboxylic acids is 1. The fourth-order valence-electron chi connectivity index (χ4n) is 1.17. The smallest absolute Gasteiger partial charge is 0.389 e. The lowest BCUT2D eigenvalue weighted by atomic mass is 10.1. The molecule has 94 valence electrons. The monoisotopic (exact) mass is 276 g/mol. The van der Waals surface area contributed by atoms with Gasteiger partial charge in [0.2, 0.25) is 0 Å². The van der Waals surface area contributed by atoms with Crippen LogP contribution in [0.5, 0.6) is 0 Å². The van der Waals surface area contributed by atoms with Crippen LogP contribution in [0, 0.1) is 0 Å². The second kappa shape index (κ2) is 6.21. The van der Waals surface area contributed by atoms with E-state index in [1.807, 2.05) is 0 Å². The number of hydrogen-bond donors (Lipinski definition) is 1. The van der Waals surface area contributed by atoms with Crippen molar-refractivity contribution in [2.45, 2.75) is 5.25 Å². The number of carboxylic acid groups (broad SMARTS) is 1. The summed E-state index contributed by atoms with van der Waals surface area (Å²) in [6.07, 6.45) is 0. The van der Waals surface area contributed by atoms with Crippen molar-refractivity contribution >= 4 is 24.1 Å². The summed E-state index contributed by atoms with van der Waals surface area (Å²) in [6.45, 7) is -3.42. The van der Waals surface area contributed by atoms with Crippen LogP contribution >= 0.6 is 18.2 Å². The molecule has 0 aliphatic heterocycles. The summed E-state index contributed by atoms with van der Waals surface area (Å²) in [5.74, 6) is -1.09. The molecule has 0 aliphatic rings. The van der Waals surface area contributed by atoms with Crippen LogP contribution in [-0.2, 0) is 18.4 Å². The predicted octanol–water partition coefficient (Wildman–Crippen LogP) is 2.95. The molecule has 0 saturated heterocycles. The highest BCUT2D eigenvalue weighted by molar-refractivity contribution is 8.55. The largest absolute Gasteiger partial charge is 0.480 e. The molecule has 0 bridgehead atoms. The van der Waals surface area contributed by atoms with E-state index in [9.17, 15) is 9.36 Å². The van der Waals surface area contributed by atoms with Gasteiger partial charge in [-0.05, 0) is 16.9 Å². The average Bonchev–Trinajstić information content (AvgIpc) is 2.36. The number of benzene rings is 1. The van der Waals surface area contributed by atoms with Gasteiger partial charge in [-0.25, -0.2) is 4.57 Å². The third kappa shape index (κ3) is 3.85. The maximum absolute atomic E-state index is 11.9. The van der Waals surface area contributed by atoms with E-state index in [4.69, 9.17) is 14.2 Å². The Morgan fingerprint density at radius 1 is 1.29 bits per heavy atom. The normalized spacial score (nSPS) is 13.3. The standard InChI is InChI=1S/C10H13O5PS/c1-14-16(13,15-2)17-9(10(11)12)8-6-4-3-5-7-8/h3-7,9H,1-2H3,(H,11,12). The Kier molecular flexibility index (Phi) is 5.21. The number of carbonyl (C=O) groups is 1. The molecule has 1 N–H and O–H groups in total. The molecule has 1 atom stereocenters. The number of carboxylic acids is 1. The second-order valence-electron chi connectivity index (χ2n) is 3.05. The molecule has 7 heteroatoms. The zero-order valence-electron chi connectivity index (χ0n) is 9.40. The van der Waals surface area contributed by atoms with Gasteiger partial charge < -0.3 is 14.2 Å². The fraction of sp³-hybridized carbons (Fsp3) is 0.300. The third-order valence-corrected chi connectivity index (χ3v) is 6.15. The Balaban J connectivity index is 2.97. The maximum Gasteiger partial charge on any atom is 0.389 e. The van der Waals surface area contributed by atoms with Gasteiger partial charge in [-0.2, -0.15) is 0 Å². The SMILES string of the molecule is COP(=O)(OC)SC(C(=O)O)c1ccccc1. The molecule has 0 fully saturated rings. The summed E-state index contributed by atoms with van der Waals surface area (Å²) >= 11 is 0.665. The quantitative estimate of drug-likeness (QED) is 0.805. The van der Waals surface area contributed by atoms with E-state index in [-0.39, 0.29) is 0 Å². The lowest BCUT2D eigenvalue weighted by Crippen LogP contribution is -2.08. The van der Waals surface area contributed by atoms with Crippen LogP contribution in [0.3, 0.4) is 0 Å². The van der Waals surface area contributed by atoms with Crippen LogP contribution in [0.2, 0.25) is 0 Å². The fourth-order valence-corrected chi connectivity index (χ4v) is 4.04. The van der Waals surface area contributed by atoms with Crippen LogP contribution in [0.1, 0.15) is 10.8 Å². The summed E-state index contributed by atoms with van der Waals surface area (Å²) in [5.41, 5.74) is 0.541. The van der Waals surface area contributed by atoms with Gasteiger partial charge >= 0.3 is 12.8 Å². The van der Waals surface area contributed by atoms with E-state index in [2.05, 4.69) is 0 Å². The van der Waals surface area contributed by atoms with Gasteiger partial charge in [0.05, 0.1) is 0 Å². The topological polar surface area (TPSA) is 72.8 Å². The molecule has 0 aliphatic carbocycles. The lowest BCUT2D eigenvalue weighted by molar-refractivity contribution is -0.136. The van der Waals surface area contributed by atoms with Crippen molar-refractivity contribution in [1.29, 1.82) is 0 Å². The molecule has 1 aromatic rings. The highest BCUT2D eigenvalue weighted by Gasteiger charge is 2.33. The molecular weight excluding hydrogens is 263 g/mol. The van der Waals surface area contributed by atoms with Crippen molar-refractivity contribution < 1.29 is 23.5 Å². The van der Waals surface area contributed by atoms with Crippen molar-refractivity contribution in [3.05, 3.63) is 35.9 Å². The third-order valence-electron chi connectivity index (χ3n) is 2.01. The zero-order valence-corrected chi connectivity index (χ0v) is 11.1. The molecule has 1 rings (SSSR count). The van der Waals surface area contributed by atoms with Gasteiger partial charge in [0.15, 0.2) is 0 Å². The Bertz CT molecular complexity index is 414. The summed E-state index contributed by atoms with van der Waals surface area (Å²) < 4.78 is 21.3. The first-order chi connectivity index (χ1) is 8.02. The van der Waals surface area contributed by atoms with E-state index in [0.717, 1.165) is 0 Å².